The molecular weight excluding hydrogens is 367 g/mol. The summed E-state index contributed by atoms with van der Waals surface area (Å²) in [5.41, 5.74) is 0.128. The van der Waals surface area contributed by atoms with Gasteiger partial charge in [-0.05, 0) is 41.1 Å². The van der Waals surface area contributed by atoms with Crippen LogP contribution >= 0.6 is 11.8 Å². The van der Waals surface area contributed by atoms with Crippen molar-refractivity contribution in [1.82, 2.24) is 0 Å². The summed E-state index contributed by atoms with van der Waals surface area (Å²) in [4.78, 5) is 24.9. The highest BCUT2D eigenvalue weighted by Gasteiger charge is 2.13. The van der Waals surface area contributed by atoms with Gasteiger partial charge in [0, 0.05) is 10.5 Å². The van der Waals surface area contributed by atoms with Gasteiger partial charge in [-0.2, -0.15) is 0 Å². The molecule has 0 amide bonds. The Balaban J connectivity index is 1.51. The van der Waals surface area contributed by atoms with Crippen molar-refractivity contribution in [2.24, 2.45) is 0 Å². The van der Waals surface area contributed by atoms with Gasteiger partial charge in [-0.1, -0.05) is 30.3 Å². The Morgan fingerprint density at radius 3 is 2.52 bits per heavy atom. The smallest absolute Gasteiger partial charge is 0.316 e. The number of carbonyl (C=O) groups is 2. The molecule has 138 valence electrons. The van der Waals surface area contributed by atoms with Gasteiger partial charge in [0.15, 0.2) is 24.0 Å². The maximum Gasteiger partial charge on any atom is 0.316 e. The minimum atomic E-state index is -0.637. The molecule has 0 aromatic heterocycles. The molecule has 0 saturated carbocycles. The standard InChI is InChI=1S/C21H17FO4S/c1-25-20-9-7-16(11-18(20)22)19(23)12-26-21(24)13-27-17-8-6-14-4-2-3-5-15(14)10-17/h2-11H,12-13H2,1H3. The molecule has 0 aliphatic rings. The van der Waals surface area contributed by atoms with Crippen LogP contribution in [0.4, 0.5) is 4.39 Å². The van der Waals surface area contributed by atoms with Crippen LogP contribution in [0, 0.1) is 5.82 Å². The Kier molecular flexibility index (Phi) is 6.08. The fourth-order valence-electron chi connectivity index (χ4n) is 2.51. The average Bonchev–Trinajstić information content (AvgIpc) is 2.70. The van der Waals surface area contributed by atoms with Crippen molar-refractivity contribution in [2.45, 2.75) is 4.90 Å². The number of carbonyl (C=O) groups excluding carboxylic acids is 2. The van der Waals surface area contributed by atoms with E-state index in [9.17, 15) is 14.0 Å². The molecule has 0 aliphatic heterocycles. The van der Waals surface area contributed by atoms with E-state index < -0.39 is 24.2 Å². The second-order valence-electron chi connectivity index (χ2n) is 5.73. The lowest BCUT2D eigenvalue weighted by Crippen LogP contribution is -2.15. The first-order valence-corrected chi connectivity index (χ1v) is 9.19. The number of Topliss-reactive ketones (excluding diaryl/α,β-unsaturated/α-hetero) is 1. The van der Waals surface area contributed by atoms with Crippen LogP contribution in [0.2, 0.25) is 0 Å². The topological polar surface area (TPSA) is 52.6 Å². The van der Waals surface area contributed by atoms with Crippen molar-refractivity contribution in [1.29, 1.82) is 0 Å². The summed E-state index contributed by atoms with van der Waals surface area (Å²) in [6.07, 6.45) is 0. The van der Waals surface area contributed by atoms with Gasteiger partial charge in [-0.15, -0.1) is 11.8 Å². The molecule has 0 heterocycles. The third-order valence-electron chi connectivity index (χ3n) is 3.92. The fourth-order valence-corrected chi connectivity index (χ4v) is 3.25. The van der Waals surface area contributed by atoms with E-state index in [0.29, 0.717) is 0 Å². The van der Waals surface area contributed by atoms with E-state index in [-0.39, 0.29) is 17.1 Å². The van der Waals surface area contributed by atoms with Crippen LogP contribution < -0.4 is 4.74 Å². The molecule has 6 heteroatoms. The van der Waals surface area contributed by atoms with Gasteiger partial charge in [0.2, 0.25) is 0 Å². The minimum absolute atomic E-state index is 0.0512. The van der Waals surface area contributed by atoms with Crippen LogP contribution in [0.25, 0.3) is 10.8 Å². The van der Waals surface area contributed by atoms with Crippen LogP contribution in [0.5, 0.6) is 5.75 Å². The molecule has 0 aliphatic carbocycles. The lowest BCUT2D eigenvalue weighted by molar-refractivity contribution is -0.139. The van der Waals surface area contributed by atoms with Crippen LogP contribution in [-0.2, 0) is 9.53 Å². The first-order chi connectivity index (χ1) is 13.1. The summed E-state index contributed by atoms with van der Waals surface area (Å²) in [5.74, 6) is -1.48. The Labute approximate surface area is 160 Å². The number of hydrogen-bond donors (Lipinski definition) is 0. The number of fused-ring (bicyclic) bond motifs is 1. The number of rotatable bonds is 7. The van der Waals surface area contributed by atoms with Gasteiger partial charge in [0.25, 0.3) is 0 Å². The minimum Gasteiger partial charge on any atom is -0.494 e. The second kappa shape index (κ2) is 8.68. The average molecular weight is 384 g/mol. The van der Waals surface area contributed by atoms with Crippen LogP contribution in [-0.4, -0.2) is 31.2 Å². The number of halogens is 1. The Hall–Kier alpha value is -2.86. The predicted octanol–water partition coefficient (Wildman–Crippen LogP) is 4.51. The van der Waals surface area contributed by atoms with E-state index in [1.54, 1.807) is 0 Å². The molecule has 0 fully saturated rings. The summed E-state index contributed by atoms with van der Waals surface area (Å²) in [5, 5.41) is 2.22. The van der Waals surface area contributed by atoms with Gasteiger partial charge in [0.05, 0.1) is 12.9 Å². The highest BCUT2D eigenvalue weighted by atomic mass is 32.2. The number of ketones is 1. The van der Waals surface area contributed by atoms with Crippen LogP contribution in [0.3, 0.4) is 0 Å². The summed E-state index contributed by atoms with van der Waals surface area (Å²) in [6.45, 7) is -0.428. The molecular formula is C21H17FO4S. The maximum atomic E-state index is 13.6. The van der Waals surface area contributed by atoms with Gasteiger partial charge in [0.1, 0.15) is 0 Å². The van der Waals surface area contributed by atoms with E-state index in [0.717, 1.165) is 21.7 Å². The molecule has 4 nitrogen and oxygen atoms in total. The third-order valence-corrected chi connectivity index (χ3v) is 4.88. The monoisotopic (exact) mass is 384 g/mol. The van der Waals surface area contributed by atoms with Gasteiger partial charge in [-0.3, -0.25) is 9.59 Å². The molecule has 3 rings (SSSR count). The molecule has 0 saturated heterocycles. The molecule has 0 spiro atoms. The van der Waals surface area contributed by atoms with Crippen molar-refractivity contribution in [3.05, 3.63) is 72.0 Å². The molecule has 27 heavy (non-hydrogen) atoms. The van der Waals surface area contributed by atoms with Gasteiger partial charge in [-0.25, -0.2) is 4.39 Å². The molecule has 0 atom stereocenters. The lowest BCUT2D eigenvalue weighted by atomic mass is 10.1. The fraction of sp³-hybridized carbons (Fsp3) is 0.143. The van der Waals surface area contributed by atoms with Crippen molar-refractivity contribution in [3.63, 3.8) is 0 Å². The van der Waals surface area contributed by atoms with Gasteiger partial charge < -0.3 is 9.47 Å². The largest absolute Gasteiger partial charge is 0.494 e. The number of benzene rings is 3. The molecule has 0 bridgehead atoms. The Morgan fingerprint density at radius 2 is 1.78 bits per heavy atom. The molecule has 0 unspecified atom stereocenters. The zero-order valence-corrected chi connectivity index (χ0v) is 15.4. The van der Waals surface area contributed by atoms with Crippen LogP contribution in [0.15, 0.2) is 65.6 Å². The number of ether oxygens (including phenoxy) is 2. The Bertz CT molecular complexity index is 987. The highest BCUT2D eigenvalue weighted by Crippen LogP contribution is 2.23. The third kappa shape index (κ3) is 4.86. The molecule has 0 N–H and O–H groups in total. The summed E-state index contributed by atoms with van der Waals surface area (Å²) in [6, 6.07) is 17.7. The van der Waals surface area contributed by atoms with Crippen molar-refractivity contribution < 1.29 is 23.5 Å². The van der Waals surface area contributed by atoms with E-state index in [2.05, 4.69) is 0 Å². The van der Waals surface area contributed by atoms with E-state index >= 15 is 0 Å². The van der Waals surface area contributed by atoms with Gasteiger partial charge >= 0.3 is 5.97 Å². The van der Waals surface area contributed by atoms with Crippen molar-refractivity contribution in [3.8, 4) is 5.75 Å². The summed E-state index contributed by atoms with van der Waals surface area (Å²) >= 11 is 1.34. The van der Waals surface area contributed by atoms with Crippen molar-refractivity contribution in [2.75, 3.05) is 19.5 Å². The van der Waals surface area contributed by atoms with E-state index in [1.165, 1.54) is 31.0 Å². The summed E-state index contributed by atoms with van der Waals surface area (Å²) in [7, 11) is 1.34. The SMILES string of the molecule is COc1ccc(C(=O)COC(=O)CSc2ccc3ccccc3c2)cc1F. The zero-order valence-electron chi connectivity index (χ0n) is 14.6. The summed E-state index contributed by atoms with van der Waals surface area (Å²) < 4.78 is 23.4. The zero-order chi connectivity index (χ0) is 19.2. The van der Waals surface area contributed by atoms with Crippen LogP contribution in [0.1, 0.15) is 10.4 Å². The maximum absolute atomic E-state index is 13.6. The number of methoxy groups -OCH3 is 1. The van der Waals surface area contributed by atoms with E-state index in [1.807, 2.05) is 42.5 Å². The predicted molar refractivity (Wildman–Crippen MR) is 103 cm³/mol. The molecule has 0 radical (unpaired) electrons. The first kappa shape index (κ1) is 18.9. The molecule has 3 aromatic carbocycles. The number of esters is 1. The van der Waals surface area contributed by atoms with E-state index in [4.69, 9.17) is 9.47 Å². The number of thioether (sulfide) groups is 1. The second-order valence-corrected chi connectivity index (χ2v) is 6.78. The molecule has 3 aromatic rings. The van der Waals surface area contributed by atoms with Crippen molar-refractivity contribution >= 4 is 34.3 Å². The Morgan fingerprint density at radius 1 is 1.00 bits per heavy atom. The normalized spacial score (nSPS) is 10.6. The number of hydrogen-bond acceptors (Lipinski definition) is 5. The first-order valence-electron chi connectivity index (χ1n) is 8.21. The quantitative estimate of drug-likeness (QED) is 0.341. The highest BCUT2D eigenvalue weighted by molar-refractivity contribution is 8.00. The lowest BCUT2D eigenvalue weighted by Gasteiger charge is -2.07.